The Labute approximate surface area is 109 Å². The van der Waals surface area contributed by atoms with Crippen molar-refractivity contribution >= 4 is 22.8 Å². The third-order valence-corrected chi connectivity index (χ3v) is 3.43. The lowest BCUT2D eigenvalue weighted by molar-refractivity contribution is -0.134. The van der Waals surface area contributed by atoms with Crippen LogP contribution in [0.5, 0.6) is 5.75 Å². The lowest BCUT2D eigenvalue weighted by Crippen LogP contribution is -2.39. The van der Waals surface area contributed by atoms with Crippen molar-refractivity contribution in [3.63, 3.8) is 0 Å². The number of amides is 2. The summed E-state index contributed by atoms with van der Waals surface area (Å²) in [7, 11) is 1.59. The summed E-state index contributed by atoms with van der Waals surface area (Å²) in [5, 5.41) is 3.22. The van der Waals surface area contributed by atoms with Gasteiger partial charge in [0.1, 0.15) is 11.3 Å². The van der Waals surface area contributed by atoms with E-state index in [0.717, 1.165) is 10.9 Å². The first-order valence-corrected chi connectivity index (χ1v) is 6.08. The van der Waals surface area contributed by atoms with Gasteiger partial charge >= 0.3 is 0 Å². The molecule has 1 aromatic heterocycles. The minimum absolute atomic E-state index is 0.216. The number of hydrogen-bond donors (Lipinski definition) is 1. The molecule has 0 bridgehead atoms. The van der Waals surface area contributed by atoms with Gasteiger partial charge in [-0.25, -0.2) is 0 Å². The normalized spacial score (nSPS) is 19.5. The van der Waals surface area contributed by atoms with Crippen molar-refractivity contribution in [2.75, 3.05) is 7.11 Å². The molecule has 0 aliphatic carbocycles. The standard InChI is InChI=1S/C14H13NO4/c1-18-8-2-4-12-10(6-8)11(7-19-12)9-3-5-13(16)15-14(9)17/h2,4,6-7,9H,3,5H2,1H3,(H,15,16,17)/t9-/m1/s1. The second kappa shape index (κ2) is 4.42. The highest BCUT2D eigenvalue weighted by Crippen LogP contribution is 2.34. The molecule has 1 saturated heterocycles. The molecule has 5 nitrogen and oxygen atoms in total. The van der Waals surface area contributed by atoms with Crippen molar-refractivity contribution in [2.24, 2.45) is 0 Å². The number of nitrogens with one attached hydrogen (secondary N) is 1. The van der Waals surface area contributed by atoms with Crippen LogP contribution < -0.4 is 10.1 Å². The number of carbonyl (C=O) groups is 2. The fourth-order valence-electron chi connectivity index (χ4n) is 2.42. The average molecular weight is 259 g/mol. The van der Waals surface area contributed by atoms with Gasteiger partial charge in [0.2, 0.25) is 11.8 Å². The SMILES string of the molecule is COc1ccc2occ([C@H]3CCC(=O)NC3=O)c2c1. The van der Waals surface area contributed by atoms with Gasteiger partial charge in [-0.3, -0.25) is 14.9 Å². The minimum Gasteiger partial charge on any atom is -0.497 e. The quantitative estimate of drug-likeness (QED) is 0.837. The molecule has 98 valence electrons. The van der Waals surface area contributed by atoms with Crippen molar-refractivity contribution in [3.05, 3.63) is 30.0 Å². The molecule has 5 heteroatoms. The highest BCUT2D eigenvalue weighted by Gasteiger charge is 2.30. The van der Waals surface area contributed by atoms with E-state index in [1.807, 2.05) is 12.1 Å². The Morgan fingerprint density at radius 1 is 1.37 bits per heavy atom. The van der Waals surface area contributed by atoms with Gasteiger partial charge in [0.25, 0.3) is 0 Å². The largest absolute Gasteiger partial charge is 0.497 e. The second-order valence-corrected chi connectivity index (χ2v) is 4.56. The van der Waals surface area contributed by atoms with Crippen LogP contribution in [-0.2, 0) is 9.59 Å². The summed E-state index contributed by atoms with van der Waals surface area (Å²) in [6.45, 7) is 0. The molecule has 3 rings (SSSR count). The fraction of sp³-hybridized carbons (Fsp3) is 0.286. The summed E-state index contributed by atoms with van der Waals surface area (Å²) >= 11 is 0. The second-order valence-electron chi connectivity index (χ2n) is 4.56. The van der Waals surface area contributed by atoms with Gasteiger partial charge in [-0.1, -0.05) is 0 Å². The summed E-state index contributed by atoms with van der Waals surface area (Å²) in [4.78, 5) is 23.1. The first kappa shape index (κ1) is 11.8. The number of benzene rings is 1. The van der Waals surface area contributed by atoms with E-state index in [9.17, 15) is 9.59 Å². The van der Waals surface area contributed by atoms with Crippen LogP contribution in [-0.4, -0.2) is 18.9 Å². The molecule has 1 N–H and O–H groups in total. The fourth-order valence-corrected chi connectivity index (χ4v) is 2.42. The molecular formula is C14H13NO4. The van der Waals surface area contributed by atoms with Gasteiger partial charge in [0.15, 0.2) is 0 Å². The van der Waals surface area contributed by atoms with Crippen molar-refractivity contribution in [2.45, 2.75) is 18.8 Å². The van der Waals surface area contributed by atoms with Crippen molar-refractivity contribution in [1.29, 1.82) is 0 Å². The molecule has 0 saturated carbocycles. The molecule has 1 aliphatic heterocycles. The van der Waals surface area contributed by atoms with Crippen LogP contribution in [0.15, 0.2) is 28.9 Å². The van der Waals surface area contributed by atoms with E-state index in [0.29, 0.717) is 24.2 Å². The maximum Gasteiger partial charge on any atom is 0.234 e. The Hall–Kier alpha value is -2.30. The Balaban J connectivity index is 2.04. The van der Waals surface area contributed by atoms with Crippen LogP contribution in [0.25, 0.3) is 11.0 Å². The average Bonchev–Trinajstić information content (AvgIpc) is 2.81. The maximum atomic E-state index is 11.9. The Kier molecular flexibility index (Phi) is 2.74. The Morgan fingerprint density at radius 3 is 2.95 bits per heavy atom. The zero-order valence-corrected chi connectivity index (χ0v) is 10.4. The maximum absolute atomic E-state index is 11.9. The smallest absolute Gasteiger partial charge is 0.234 e. The number of methoxy groups -OCH3 is 1. The molecule has 1 aliphatic rings. The Bertz CT molecular complexity index is 659. The zero-order chi connectivity index (χ0) is 13.4. The first-order chi connectivity index (χ1) is 9.19. The monoisotopic (exact) mass is 259 g/mol. The molecule has 0 spiro atoms. The van der Waals surface area contributed by atoms with Gasteiger partial charge in [-0.05, 0) is 24.6 Å². The molecule has 1 aromatic carbocycles. The number of ether oxygens (including phenoxy) is 1. The van der Waals surface area contributed by atoms with E-state index < -0.39 is 0 Å². The van der Waals surface area contributed by atoms with Crippen LogP contribution in [0.4, 0.5) is 0 Å². The van der Waals surface area contributed by atoms with E-state index in [-0.39, 0.29) is 17.7 Å². The molecule has 2 amide bonds. The third kappa shape index (κ3) is 1.97. The molecule has 1 fully saturated rings. The lowest BCUT2D eigenvalue weighted by atomic mass is 9.90. The number of rotatable bonds is 2. The van der Waals surface area contributed by atoms with Crippen LogP contribution in [0.2, 0.25) is 0 Å². The van der Waals surface area contributed by atoms with Crippen molar-refractivity contribution in [1.82, 2.24) is 5.32 Å². The molecule has 2 heterocycles. The van der Waals surface area contributed by atoms with Gasteiger partial charge < -0.3 is 9.15 Å². The van der Waals surface area contributed by atoms with Gasteiger partial charge in [-0.15, -0.1) is 0 Å². The van der Waals surface area contributed by atoms with E-state index in [4.69, 9.17) is 9.15 Å². The summed E-state index contributed by atoms with van der Waals surface area (Å²) in [5.41, 5.74) is 1.51. The minimum atomic E-state index is -0.342. The van der Waals surface area contributed by atoms with Crippen LogP contribution in [0.3, 0.4) is 0 Å². The van der Waals surface area contributed by atoms with E-state index in [1.165, 1.54) is 0 Å². The number of hydrogen-bond acceptors (Lipinski definition) is 4. The van der Waals surface area contributed by atoms with Gasteiger partial charge in [0.05, 0.1) is 19.3 Å². The summed E-state index contributed by atoms with van der Waals surface area (Å²) in [6, 6.07) is 5.46. The number of piperidine rings is 1. The van der Waals surface area contributed by atoms with Gasteiger partial charge in [0, 0.05) is 17.4 Å². The van der Waals surface area contributed by atoms with E-state index in [2.05, 4.69) is 5.32 Å². The number of fused-ring (bicyclic) bond motifs is 1. The number of carbonyl (C=O) groups excluding carboxylic acids is 2. The number of imide groups is 1. The molecule has 1 atom stereocenters. The molecule has 19 heavy (non-hydrogen) atoms. The molecule has 0 radical (unpaired) electrons. The van der Waals surface area contributed by atoms with Crippen LogP contribution in [0, 0.1) is 0 Å². The zero-order valence-electron chi connectivity index (χ0n) is 10.4. The number of furan rings is 1. The van der Waals surface area contributed by atoms with Crippen LogP contribution in [0.1, 0.15) is 24.3 Å². The highest BCUT2D eigenvalue weighted by atomic mass is 16.5. The molecular weight excluding hydrogens is 246 g/mol. The van der Waals surface area contributed by atoms with Gasteiger partial charge in [-0.2, -0.15) is 0 Å². The lowest BCUT2D eigenvalue weighted by Gasteiger charge is -2.19. The molecule has 2 aromatic rings. The summed E-state index contributed by atoms with van der Waals surface area (Å²) in [5.74, 6) is -0.109. The summed E-state index contributed by atoms with van der Waals surface area (Å²) in [6.07, 6.45) is 2.45. The first-order valence-electron chi connectivity index (χ1n) is 6.08. The summed E-state index contributed by atoms with van der Waals surface area (Å²) < 4.78 is 10.6. The predicted molar refractivity (Wildman–Crippen MR) is 67.9 cm³/mol. The van der Waals surface area contributed by atoms with Crippen molar-refractivity contribution < 1.29 is 18.7 Å². The van der Waals surface area contributed by atoms with E-state index in [1.54, 1.807) is 19.4 Å². The molecule has 0 unspecified atom stereocenters. The topological polar surface area (TPSA) is 68.5 Å². The third-order valence-electron chi connectivity index (χ3n) is 3.43. The van der Waals surface area contributed by atoms with Crippen LogP contribution >= 0.6 is 0 Å². The van der Waals surface area contributed by atoms with E-state index >= 15 is 0 Å². The Morgan fingerprint density at radius 2 is 2.21 bits per heavy atom. The highest BCUT2D eigenvalue weighted by molar-refractivity contribution is 6.02. The van der Waals surface area contributed by atoms with Crippen molar-refractivity contribution in [3.8, 4) is 5.75 Å². The predicted octanol–water partition coefficient (Wildman–Crippen LogP) is 1.96.